The van der Waals surface area contributed by atoms with Crippen molar-refractivity contribution in [3.63, 3.8) is 0 Å². The monoisotopic (exact) mass is 438 g/mol. The van der Waals surface area contributed by atoms with Crippen LogP contribution in [0.3, 0.4) is 0 Å². The van der Waals surface area contributed by atoms with Gasteiger partial charge in [-0.1, -0.05) is 18.2 Å². The summed E-state index contributed by atoms with van der Waals surface area (Å²) < 4.78 is 14.1. The van der Waals surface area contributed by atoms with E-state index >= 15 is 0 Å². The zero-order valence-corrected chi connectivity index (χ0v) is 16.9. The summed E-state index contributed by atoms with van der Waals surface area (Å²) in [5, 5.41) is 5.49. The molecule has 2 aromatic carbocycles. The number of aryl methyl sites for hydroxylation is 1. The molecule has 0 aliphatic carbocycles. The quantitative estimate of drug-likeness (QED) is 0.673. The summed E-state index contributed by atoms with van der Waals surface area (Å²) >= 11 is 4.93. The Balaban J connectivity index is 2.15. The highest BCUT2D eigenvalue weighted by molar-refractivity contribution is 9.10. The molecule has 0 bridgehead atoms. The predicted molar refractivity (Wildman–Crippen MR) is 108 cm³/mol. The SMILES string of the molecule is CSCCC(NC(=O)c1ccccc1Br)C(=O)Nc1cc(F)ccc1C. The molecule has 0 spiro atoms. The largest absolute Gasteiger partial charge is 0.340 e. The summed E-state index contributed by atoms with van der Waals surface area (Å²) in [6.07, 6.45) is 2.40. The third-order valence-electron chi connectivity index (χ3n) is 3.81. The average Bonchev–Trinajstić information content (AvgIpc) is 2.61. The van der Waals surface area contributed by atoms with Gasteiger partial charge in [0.25, 0.3) is 5.91 Å². The molecule has 26 heavy (non-hydrogen) atoms. The number of hydrogen-bond donors (Lipinski definition) is 2. The van der Waals surface area contributed by atoms with Crippen molar-refractivity contribution in [1.82, 2.24) is 5.32 Å². The maximum atomic E-state index is 13.4. The maximum Gasteiger partial charge on any atom is 0.253 e. The summed E-state index contributed by atoms with van der Waals surface area (Å²) in [5.74, 6) is -0.428. The molecule has 1 atom stereocenters. The van der Waals surface area contributed by atoms with Crippen LogP contribution in [0.1, 0.15) is 22.3 Å². The van der Waals surface area contributed by atoms with E-state index in [-0.39, 0.29) is 11.8 Å². The fourth-order valence-electron chi connectivity index (χ4n) is 2.33. The molecule has 138 valence electrons. The number of hydrogen-bond acceptors (Lipinski definition) is 3. The zero-order chi connectivity index (χ0) is 19.1. The fraction of sp³-hybridized carbons (Fsp3) is 0.263. The van der Waals surface area contributed by atoms with Gasteiger partial charge in [0.1, 0.15) is 11.9 Å². The summed E-state index contributed by atoms with van der Waals surface area (Å²) in [7, 11) is 0. The number of halogens is 2. The summed E-state index contributed by atoms with van der Waals surface area (Å²) in [6, 6.07) is 10.5. The van der Waals surface area contributed by atoms with Crippen LogP contribution in [0.2, 0.25) is 0 Å². The van der Waals surface area contributed by atoms with Crippen LogP contribution in [0.15, 0.2) is 46.9 Å². The van der Waals surface area contributed by atoms with Gasteiger partial charge in [-0.3, -0.25) is 9.59 Å². The molecule has 2 N–H and O–H groups in total. The first kappa shape index (κ1) is 20.5. The standard InChI is InChI=1S/C19H20BrFN2O2S/c1-12-7-8-13(21)11-17(12)23-19(25)16(9-10-26-2)22-18(24)14-5-3-4-6-15(14)20/h3-8,11,16H,9-10H2,1-2H3,(H,22,24)(H,23,25). The Morgan fingerprint density at radius 3 is 2.65 bits per heavy atom. The van der Waals surface area contributed by atoms with E-state index in [4.69, 9.17) is 0 Å². The van der Waals surface area contributed by atoms with Crippen LogP contribution in [0.4, 0.5) is 10.1 Å². The van der Waals surface area contributed by atoms with Crippen LogP contribution < -0.4 is 10.6 Å². The summed E-state index contributed by atoms with van der Waals surface area (Å²) in [4.78, 5) is 25.2. The average molecular weight is 439 g/mol. The van der Waals surface area contributed by atoms with Crippen molar-refractivity contribution in [2.24, 2.45) is 0 Å². The second kappa shape index (κ2) is 9.73. The van der Waals surface area contributed by atoms with Crippen molar-refractivity contribution >= 4 is 45.2 Å². The number of carbonyl (C=O) groups excluding carboxylic acids is 2. The molecular formula is C19H20BrFN2O2S. The zero-order valence-electron chi connectivity index (χ0n) is 14.5. The second-order valence-corrected chi connectivity index (χ2v) is 7.58. The molecule has 0 saturated carbocycles. The summed E-state index contributed by atoms with van der Waals surface area (Å²) in [6.45, 7) is 1.78. The van der Waals surface area contributed by atoms with E-state index in [1.165, 1.54) is 12.1 Å². The second-order valence-electron chi connectivity index (χ2n) is 5.74. The lowest BCUT2D eigenvalue weighted by Crippen LogP contribution is -2.44. The Morgan fingerprint density at radius 1 is 1.23 bits per heavy atom. The molecule has 4 nitrogen and oxygen atoms in total. The molecule has 0 aliphatic heterocycles. The Bertz CT molecular complexity index is 801. The van der Waals surface area contributed by atoms with Gasteiger partial charge in [-0.15, -0.1) is 0 Å². The van der Waals surface area contributed by atoms with Gasteiger partial charge in [0.15, 0.2) is 0 Å². The minimum Gasteiger partial charge on any atom is -0.340 e. The molecule has 0 fully saturated rings. The van der Waals surface area contributed by atoms with Crippen molar-refractivity contribution < 1.29 is 14.0 Å². The maximum absolute atomic E-state index is 13.4. The highest BCUT2D eigenvalue weighted by atomic mass is 79.9. The normalized spacial score (nSPS) is 11.7. The van der Waals surface area contributed by atoms with E-state index in [2.05, 4.69) is 26.6 Å². The van der Waals surface area contributed by atoms with Crippen LogP contribution >= 0.6 is 27.7 Å². The van der Waals surface area contributed by atoms with Gasteiger partial charge in [0, 0.05) is 10.2 Å². The molecule has 1 unspecified atom stereocenters. The van der Waals surface area contributed by atoms with Crippen molar-refractivity contribution in [3.05, 3.63) is 63.9 Å². The summed E-state index contributed by atoms with van der Waals surface area (Å²) in [5.41, 5.74) is 1.61. The smallest absolute Gasteiger partial charge is 0.253 e. The Labute approximate surface area is 165 Å². The lowest BCUT2D eigenvalue weighted by Gasteiger charge is -2.19. The van der Waals surface area contributed by atoms with Crippen molar-refractivity contribution in [1.29, 1.82) is 0 Å². The topological polar surface area (TPSA) is 58.2 Å². The third-order valence-corrected chi connectivity index (χ3v) is 5.14. The lowest BCUT2D eigenvalue weighted by molar-refractivity contribution is -0.118. The number of carbonyl (C=O) groups is 2. The predicted octanol–water partition coefficient (Wildman–Crippen LogP) is 4.39. The minimum absolute atomic E-state index is 0.338. The number of rotatable bonds is 7. The number of nitrogens with one attached hydrogen (secondary N) is 2. The van der Waals surface area contributed by atoms with Gasteiger partial charge in [0.05, 0.1) is 5.56 Å². The van der Waals surface area contributed by atoms with Gasteiger partial charge in [-0.25, -0.2) is 4.39 Å². The molecule has 7 heteroatoms. The number of amides is 2. The van der Waals surface area contributed by atoms with E-state index in [0.717, 1.165) is 5.56 Å². The van der Waals surface area contributed by atoms with Gasteiger partial charge >= 0.3 is 0 Å². The van der Waals surface area contributed by atoms with Gasteiger partial charge in [-0.05, 0) is 71.1 Å². The van der Waals surface area contributed by atoms with Gasteiger partial charge < -0.3 is 10.6 Å². The molecule has 0 heterocycles. The van der Waals surface area contributed by atoms with Crippen molar-refractivity contribution in [2.75, 3.05) is 17.3 Å². The fourth-order valence-corrected chi connectivity index (χ4v) is 3.27. The molecule has 0 aliphatic rings. The molecular weight excluding hydrogens is 419 g/mol. The minimum atomic E-state index is -0.718. The van der Waals surface area contributed by atoms with E-state index in [9.17, 15) is 14.0 Å². The van der Waals surface area contributed by atoms with E-state index < -0.39 is 11.9 Å². The number of benzene rings is 2. The lowest BCUT2D eigenvalue weighted by atomic mass is 10.1. The van der Waals surface area contributed by atoms with Crippen LogP contribution in [0.25, 0.3) is 0 Å². The number of thioether (sulfide) groups is 1. The first-order chi connectivity index (χ1) is 12.4. The molecule has 0 radical (unpaired) electrons. The molecule has 2 aromatic rings. The Hall–Kier alpha value is -1.86. The third kappa shape index (κ3) is 5.57. The van der Waals surface area contributed by atoms with Crippen LogP contribution in [0.5, 0.6) is 0 Å². The van der Waals surface area contributed by atoms with E-state index in [1.54, 1.807) is 43.0 Å². The highest BCUT2D eigenvalue weighted by Gasteiger charge is 2.22. The Kier molecular flexibility index (Phi) is 7.66. The van der Waals surface area contributed by atoms with E-state index in [0.29, 0.717) is 27.9 Å². The highest BCUT2D eigenvalue weighted by Crippen LogP contribution is 2.18. The van der Waals surface area contributed by atoms with E-state index in [1.807, 2.05) is 12.3 Å². The first-order valence-electron chi connectivity index (χ1n) is 8.03. The molecule has 2 amide bonds. The van der Waals surface area contributed by atoms with Crippen LogP contribution in [-0.4, -0.2) is 29.9 Å². The first-order valence-corrected chi connectivity index (χ1v) is 10.2. The van der Waals surface area contributed by atoms with Crippen molar-refractivity contribution in [2.45, 2.75) is 19.4 Å². The Morgan fingerprint density at radius 2 is 1.96 bits per heavy atom. The van der Waals surface area contributed by atoms with Crippen LogP contribution in [0, 0.1) is 12.7 Å². The van der Waals surface area contributed by atoms with Crippen LogP contribution in [-0.2, 0) is 4.79 Å². The van der Waals surface area contributed by atoms with Gasteiger partial charge in [0.2, 0.25) is 5.91 Å². The van der Waals surface area contributed by atoms with Gasteiger partial charge in [-0.2, -0.15) is 11.8 Å². The number of anilines is 1. The van der Waals surface area contributed by atoms with Crippen molar-refractivity contribution in [3.8, 4) is 0 Å². The molecule has 0 aromatic heterocycles. The molecule has 0 saturated heterocycles. The molecule has 2 rings (SSSR count).